The van der Waals surface area contributed by atoms with Crippen molar-refractivity contribution in [1.82, 2.24) is 4.90 Å². The van der Waals surface area contributed by atoms with Crippen molar-refractivity contribution in [3.05, 3.63) is 35.4 Å². The number of rotatable bonds is 4. The van der Waals surface area contributed by atoms with Gasteiger partial charge in [0.2, 0.25) is 0 Å². The lowest BCUT2D eigenvalue weighted by Crippen LogP contribution is -2.40. The first-order chi connectivity index (χ1) is 9.00. The third-order valence-electron chi connectivity index (χ3n) is 3.68. The predicted molar refractivity (Wildman–Crippen MR) is 68.8 cm³/mol. The minimum Gasteiger partial charge on any atom is -0.329 e. The number of halogens is 3. The number of likely N-dealkylation sites (tertiary alicyclic amines) is 1. The van der Waals surface area contributed by atoms with Crippen LogP contribution in [0.2, 0.25) is 0 Å². The smallest absolute Gasteiger partial charge is 0.329 e. The fraction of sp³-hybridized carbons (Fsp3) is 0.571. The minimum atomic E-state index is -4.26. The van der Waals surface area contributed by atoms with E-state index in [9.17, 15) is 13.2 Å². The molecule has 1 atom stereocenters. The van der Waals surface area contributed by atoms with Crippen LogP contribution in [0.1, 0.15) is 24.0 Å². The van der Waals surface area contributed by atoms with E-state index >= 15 is 0 Å². The molecule has 1 aliphatic rings. The van der Waals surface area contributed by atoms with Crippen LogP contribution in [0.25, 0.3) is 0 Å². The standard InChI is InChI=1S/C14H19F3N2/c15-14(16,17)12-5-3-11(4-6-12)9-13(10-18)19-7-1-2-8-19/h3-6,13H,1-2,7-10,18H2. The van der Waals surface area contributed by atoms with Gasteiger partial charge in [-0.15, -0.1) is 0 Å². The highest BCUT2D eigenvalue weighted by Gasteiger charge is 2.30. The van der Waals surface area contributed by atoms with E-state index in [0.717, 1.165) is 30.8 Å². The van der Waals surface area contributed by atoms with Gasteiger partial charge in [-0.1, -0.05) is 12.1 Å². The first-order valence-corrected chi connectivity index (χ1v) is 6.61. The maximum atomic E-state index is 12.5. The summed E-state index contributed by atoms with van der Waals surface area (Å²) in [7, 11) is 0. The summed E-state index contributed by atoms with van der Waals surface area (Å²) < 4.78 is 37.4. The molecule has 0 aromatic heterocycles. The Morgan fingerprint density at radius 3 is 2.16 bits per heavy atom. The van der Waals surface area contributed by atoms with Crippen molar-refractivity contribution >= 4 is 0 Å². The van der Waals surface area contributed by atoms with Crippen LogP contribution >= 0.6 is 0 Å². The molecule has 5 heteroatoms. The van der Waals surface area contributed by atoms with Crippen molar-refractivity contribution in [1.29, 1.82) is 0 Å². The molecule has 2 N–H and O–H groups in total. The summed E-state index contributed by atoms with van der Waals surface area (Å²) in [4.78, 5) is 2.33. The maximum Gasteiger partial charge on any atom is 0.416 e. The van der Waals surface area contributed by atoms with Gasteiger partial charge in [0.05, 0.1) is 5.56 Å². The molecule has 19 heavy (non-hydrogen) atoms. The van der Waals surface area contributed by atoms with E-state index in [1.165, 1.54) is 12.8 Å². The third kappa shape index (κ3) is 3.70. The molecule has 1 fully saturated rings. The van der Waals surface area contributed by atoms with E-state index in [-0.39, 0.29) is 6.04 Å². The second kappa shape index (κ2) is 5.92. The molecular weight excluding hydrogens is 253 g/mol. The number of alkyl halides is 3. The highest BCUT2D eigenvalue weighted by Crippen LogP contribution is 2.29. The summed E-state index contributed by atoms with van der Waals surface area (Å²) in [5, 5.41) is 0. The van der Waals surface area contributed by atoms with Crippen LogP contribution in [-0.2, 0) is 12.6 Å². The SMILES string of the molecule is NCC(Cc1ccc(C(F)(F)F)cc1)N1CCCC1. The van der Waals surface area contributed by atoms with Crippen molar-refractivity contribution in [2.45, 2.75) is 31.5 Å². The molecule has 0 bridgehead atoms. The molecule has 0 saturated carbocycles. The number of nitrogens with zero attached hydrogens (tertiary/aromatic N) is 1. The highest BCUT2D eigenvalue weighted by molar-refractivity contribution is 5.25. The summed E-state index contributed by atoms with van der Waals surface area (Å²) in [6.45, 7) is 2.63. The Morgan fingerprint density at radius 1 is 1.11 bits per heavy atom. The van der Waals surface area contributed by atoms with Gasteiger partial charge in [0.25, 0.3) is 0 Å². The van der Waals surface area contributed by atoms with E-state index in [1.807, 2.05) is 0 Å². The lowest BCUT2D eigenvalue weighted by Gasteiger charge is -2.26. The van der Waals surface area contributed by atoms with Crippen LogP contribution in [0, 0.1) is 0 Å². The van der Waals surface area contributed by atoms with Gasteiger partial charge in [-0.05, 0) is 50.0 Å². The van der Waals surface area contributed by atoms with Crippen LogP contribution in [0.4, 0.5) is 13.2 Å². The molecule has 2 rings (SSSR count). The van der Waals surface area contributed by atoms with Crippen molar-refractivity contribution in [3.63, 3.8) is 0 Å². The Bertz CT molecular complexity index is 394. The summed E-state index contributed by atoms with van der Waals surface area (Å²) >= 11 is 0. The molecule has 1 unspecified atom stereocenters. The Labute approximate surface area is 111 Å². The van der Waals surface area contributed by atoms with Gasteiger partial charge < -0.3 is 5.73 Å². The zero-order chi connectivity index (χ0) is 13.9. The fourth-order valence-electron chi connectivity index (χ4n) is 2.57. The van der Waals surface area contributed by atoms with Crippen molar-refractivity contribution in [2.24, 2.45) is 5.73 Å². The zero-order valence-corrected chi connectivity index (χ0v) is 10.8. The van der Waals surface area contributed by atoms with Crippen LogP contribution in [0.5, 0.6) is 0 Å². The molecule has 106 valence electrons. The quantitative estimate of drug-likeness (QED) is 0.913. The number of hydrogen-bond donors (Lipinski definition) is 1. The van der Waals surface area contributed by atoms with Gasteiger partial charge in [0.1, 0.15) is 0 Å². The van der Waals surface area contributed by atoms with Crippen LogP contribution < -0.4 is 5.73 Å². The van der Waals surface area contributed by atoms with Gasteiger partial charge >= 0.3 is 6.18 Å². The van der Waals surface area contributed by atoms with Crippen molar-refractivity contribution < 1.29 is 13.2 Å². The Kier molecular flexibility index (Phi) is 4.47. The van der Waals surface area contributed by atoms with Gasteiger partial charge in [0, 0.05) is 12.6 Å². The van der Waals surface area contributed by atoms with Crippen LogP contribution in [0.3, 0.4) is 0 Å². The number of nitrogens with two attached hydrogens (primary N) is 1. The largest absolute Gasteiger partial charge is 0.416 e. The molecule has 1 aromatic carbocycles. The topological polar surface area (TPSA) is 29.3 Å². The van der Waals surface area contributed by atoms with Crippen LogP contribution in [-0.4, -0.2) is 30.6 Å². The molecule has 1 aliphatic heterocycles. The monoisotopic (exact) mass is 272 g/mol. The minimum absolute atomic E-state index is 0.235. The van der Waals surface area contributed by atoms with Gasteiger partial charge in [0.15, 0.2) is 0 Å². The molecule has 1 aromatic rings. The van der Waals surface area contributed by atoms with Crippen molar-refractivity contribution in [3.8, 4) is 0 Å². The average molecular weight is 272 g/mol. The normalized spacial score (nSPS) is 18.7. The Balaban J connectivity index is 2.01. The van der Waals surface area contributed by atoms with Crippen LogP contribution in [0.15, 0.2) is 24.3 Å². The summed E-state index contributed by atoms with van der Waals surface area (Å²) in [5.41, 5.74) is 6.09. The summed E-state index contributed by atoms with van der Waals surface area (Å²) in [5.74, 6) is 0. The number of hydrogen-bond acceptors (Lipinski definition) is 2. The zero-order valence-electron chi connectivity index (χ0n) is 10.8. The lowest BCUT2D eigenvalue weighted by molar-refractivity contribution is -0.137. The highest BCUT2D eigenvalue weighted by atomic mass is 19.4. The second-order valence-electron chi connectivity index (χ2n) is 5.03. The predicted octanol–water partition coefficient (Wildman–Crippen LogP) is 2.67. The lowest BCUT2D eigenvalue weighted by atomic mass is 10.0. The molecule has 0 radical (unpaired) electrons. The van der Waals surface area contributed by atoms with Gasteiger partial charge in [-0.25, -0.2) is 0 Å². The first-order valence-electron chi connectivity index (χ1n) is 6.61. The Morgan fingerprint density at radius 2 is 1.68 bits per heavy atom. The molecule has 0 amide bonds. The molecule has 2 nitrogen and oxygen atoms in total. The van der Waals surface area contributed by atoms with E-state index in [4.69, 9.17) is 5.73 Å². The molecule has 1 heterocycles. The number of benzene rings is 1. The maximum absolute atomic E-state index is 12.5. The van der Waals surface area contributed by atoms with Gasteiger partial charge in [-0.2, -0.15) is 13.2 Å². The molecule has 0 spiro atoms. The fourth-order valence-corrected chi connectivity index (χ4v) is 2.57. The molecule has 0 aliphatic carbocycles. The van der Waals surface area contributed by atoms with E-state index in [0.29, 0.717) is 13.0 Å². The first kappa shape index (κ1) is 14.3. The molecule has 1 saturated heterocycles. The average Bonchev–Trinajstić information content (AvgIpc) is 2.89. The van der Waals surface area contributed by atoms with E-state index in [2.05, 4.69) is 4.90 Å². The second-order valence-corrected chi connectivity index (χ2v) is 5.03. The van der Waals surface area contributed by atoms with Crippen molar-refractivity contribution in [2.75, 3.05) is 19.6 Å². The molecular formula is C14H19F3N2. The third-order valence-corrected chi connectivity index (χ3v) is 3.68. The van der Waals surface area contributed by atoms with Gasteiger partial charge in [-0.3, -0.25) is 4.90 Å². The van der Waals surface area contributed by atoms with E-state index < -0.39 is 11.7 Å². The Hall–Kier alpha value is -1.07. The van der Waals surface area contributed by atoms with E-state index in [1.54, 1.807) is 12.1 Å². The summed E-state index contributed by atoms with van der Waals surface area (Å²) in [6.07, 6.45) is -1.18. The summed E-state index contributed by atoms with van der Waals surface area (Å²) in [6, 6.07) is 5.64.